The van der Waals surface area contributed by atoms with Crippen LogP contribution in [0.3, 0.4) is 0 Å². The van der Waals surface area contributed by atoms with Gasteiger partial charge in [-0.1, -0.05) is 69.4 Å². The van der Waals surface area contributed by atoms with Gasteiger partial charge in [-0.15, -0.1) is 0 Å². The van der Waals surface area contributed by atoms with Crippen LogP contribution in [0.25, 0.3) is 0 Å². The molecule has 0 spiro atoms. The van der Waals surface area contributed by atoms with E-state index in [0.717, 1.165) is 0 Å². The van der Waals surface area contributed by atoms with Crippen LogP contribution in [0.2, 0.25) is 18.1 Å². The van der Waals surface area contributed by atoms with Crippen LogP contribution < -0.4 is 5.19 Å². The van der Waals surface area contributed by atoms with Gasteiger partial charge < -0.3 is 0 Å². The predicted molar refractivity (Wildman–Crippen MR) is 70.4 cm³/mol. The lowest BCUT2D eigenvalue weighted by atomic mass is 10.2. The lowest BCUT2D eigenvalue weighted by molar-refractivity contribution is 0.735. The molecule has 0 aromatic heterocycles. The summed E-state index contributed by atoms with van der Waals surface area (Å²) in [6.07, 6.45) is 0. The van der Waals surface area contributed by atoms with E-state index in [4.69, 9.17) is 0 Å². The van der Waals surface area contributed by atoms with E-state index < -0.39 is 7.59 Å². The Labute approximate surface area is 91.4 Å². The molecule has 1 rings (SSSR count). The molecule has 0 aliphatic carbocycles. The van der Waals surface area contributed by atoms with Crippen LogP contribution in [0, 0.1) is 0 Å². The molecule has 0 heterocycles. The van der Waals surface area contributed by atoms with E-state index in [2.05, 4.69) is 64.2 Å². The fourth-order valence-corrected chi connectivity index (χ4v) is 7.24. The van der Waals surface area contributed by atoms with Gasteiger partial charge in [-0.25, -0.2) is 0 Å². The number of hydrogen-bond donors (Lipinski definition) is 0. The summed E-state index contributed by atoms with van der Waals surface area (Å²) in [5, 5.41) is 2.11. The predicted octanol–water partition coefficient (Wildman–Crippen LogP) is 2.75. The maximum absolute atomic E-state index is 2.52. The van der Waals surface area contributed by atoms with Crippen LogP contribution in [0.4, 0.5) is 0 Å². The molecular weight excluding hydrogens is 200 g/mol. The normalized spacial score (nSPS) is 12.9. The Balaban J connectivity index is 2.79. The topological polar surface area (TPSA) is 0 Å². The van der Waals surface area contributed by atoms with Gasteiger partial charge >= 0.3 is 0 Å². The zero-order valence-corrected chi connectivity index (χ0v) is 12.1. The van der Waals surface area contributed by atoms with Crippen molar-refractivity contribution in [2.75, 3.05) is 0 Å². The molecule has 2 heteroatoms. The maximum Gasteiger partial charge on any atom is 0.0598 e. The summed E-state index contributed by atoms with van der Waals surface area (Å²) in [7, 11) is -0.576. The summed E-state index contributed by atoms with van der Waals surface area (Å²) < 4.78 is 0. The minimum Gasteiger partial charge on any atom is -0.0710 e. The van der Waals surface area contributed by atoms with Crippen LogP contribution in [0.5, 0.6) is 0 Å². The zero-order valence-electron chi connectivity index (χ0n) is 9.96. The lowest BCUT2D eigenvalue weighted by Gasteiger charge is -2.36. The Kier molecular flexibility index (Phi) is 3.37. The summed E-state index contributed by atoms with van der Waals surface area (Å²) in [6, 6.07) is 11.0. The van der Waals surface area contributed by atoms with Crippen molar-refractivity contribution >= 4 is 21.8 Å². The smallest absolute Gasteiger partial charge is 0.0598 e. The van der Waals surface area contributed by atoms with Gasteiger partial charge in [-0.05, 0) is 5.04 Å². The van der Waals surface area contributed by atoms with Crippen molar-refractivity contribution in [3.05, 3.63) is 30.3 Å². The minimum absolute atomic E-state index is 0.486. The summed E-state index contributed by atoms with van der Waals surface area (Å²) in [6.45, 7) is 12.2. The first-order chi connectivity index (χ1) is 6.33. The van der Waals surface area contributed by atoms with Crippen molar-refractivity contribution in [1.29, 1.82) is 0 Å². The van der Waals surface area contributed by atoms with E-state index in [-0.39, 0.29) is 0 Å². The third-order valence-corrected chi connectivity index (χ3v) is 14.3. The Morgan fingerprint density at radius 3 is 1.93 bits per heavy atom. The first-order valence-corrected chi connectivity index (χ1v) is 10.6. The van der Waals surface area contributed by atoms with Gasteiger partial charge in [0.1, 0.15) is 0 Å². The van der Waals surface area contributed by atoms with E-state index in [1.165, 1.54) is 0 Å². The quantitative estimate of drug-likeness (QED) is 0.674. The molecule has 0 unspecified atom stereocenters. The SMILES string of the molecule is CC(C)(C)[Si](C)(C)[SiH]c1ccccc1. The van der Waals surface area contributed by atoms with Crippen molar-refractivity contribution in [2.24, 2.45) is 0 Å². The van der Waals surface area contributed by atoms with E-state index in [1.807, 2.05) is 0 Å². The molecule has 1 aromatic carbocycles. The van der Waals surface area contributed by atoms with E-state index in [0.29, 0.717) is 14.1 Å². The molecule has 0 saturated heterocycles. The summed E-state index contributed by atoms with van der Waals surface area (Å²) in [5.41, 5.74) is 0. The number of hydrogen-bond acceptors (Lipinski definition) is 0. The third-order valence-electron chi connectivity index (χ3n) is 3.26. The maximum atomic E-state index is 2.52. The Morgan fingerprint density at radius 1 is 1.00 bits per heavy atom. The second kappa shape index (κ2) is 4.03. The molecule has 14 heavy (non-hydrogen) atoms. The largest absolute Gasteiger partial charge is 0.0710 e. The van der Waals surface area contributed by atoms with Gasteiger partial charge in [0.15, 0.2) is 0 Å². The van der Waals surface area contributed by atoms with Crippen LogP contribution in [0.1, 0.15) is 20.8 Å². The van der Waals surface area contributed by atoms with Crippen molar-refractivity contribution in [3.63, 3.8) is 0 Å². The van der Waals surface area contributed by atoms with Crippen molar-refractivity contribution in [1.82, 2.24) is 0 Å². The highest BCUT2D eigenvalue weighted by atomic mass is 29.2. The average molecular weight is 221 g/mol. The lowest BCUT2D eigenvalue weighted by Crippen LogP contribution is -2.49. The first kappa shape index (κ1) is 11.7. The molecule has 0 atom stereocenters. The molecule has 0 bridgehead atoms. The van der Waals surface area contributed by atoms with Crippen LogP contribution in [-0.4, -0.2) is 16.6 Å². The Hall–Kier alpha value is -0.346. The molecule has 0 N–H and O–H groups in total. The first-order valence-electron chi connectivity index (χ1n) is 5.24. The molecular formula is C12H21Si2. The Bertz CT molecular complexity index is 283. The van der Waals surface area contributed by atoms with Gasteiger partial charge in [-0.3, -0.25) is 0 Å². The van der Waals surface area contributed by atoms with Gasteiger partial charge in [-0.2, -0.15) is 0 Å². The highest BCUT2D eigenvalue weighted by Gasteiger charge is 2.35. The monoisotopic (exact) mass is 221 g/mol. The Morgan fingerprint density at radius 2 is 1.50 bits per heavy atom. The second-order valence-corrected chi connectivity index (χ2v) is 16.6. The van der Waals surface area contributed by atoms with Crippen molar-refractivity contribution < 1.29 is 0 Å². The molecule has 1 radical (unpaired) electrons. The van der Waals surface area contributed by atoms with Gasteiger partial charge in [0.05, 0.1) is 9.04 Å². The van der Waals surface area contributed by atoms with E-state index in [1.54, 1.807) is 5.19 Å². The fraction of sp³-hybridized carbons (Fsp3) is 0.500. The molecule has 1 aromatic rings. The molecule has 0 saturated carbocycles. The summed E-state index contributed by atoms with van der Waals surface area (Å²) in [5.74, 6) is 0. The van der Waals surface area contributed by atoms with Gasteiger partial charge in [0.2, 0.25) is 0 Å². The highest BCUT2D eigenvalue weighted by molar-refractivity contribution is 7.29. The molecule has 0 fully saturated rings. The zero-order chi connectivity index (χ0) is 10.8. The van der Waals surface area contributed by atoms with Gasteiger partial charge in [0, 0.05) is 7.59 Å². The number of benzene rings is 1. The number of rotatable bonds is 2. The standard InChI is InChI=1S/C12H21Si2/c1-12(2,3)14(4,5)13-11-9-7-6-8-10-11/h6-10,13H,1-5H3. The van der Waals surface area contributed by atoms with Gasteiger partial charge in [0.25, 0.3) is 0 Å². The molecule has 0 aliphatic heterocycles. The van der Waals surface area contributed by atoms with E-state index in [9.17, 15) is 0 Å². The highest BCUT2D eigenvalue weighted by Crippen LogP contribution is 2.34. The third kappa shape index (κ3) is 2.82. The van der Waals surface area contributed by atoms with E-state index >= 15 is 0 Å². The van der Waals surface area contributed by atoms with Crippen molar-refractivity contribution in [2.45, 2.75) is 38.9 Å². The average Bonchev–Trinajstić information content (AvgIpc) is 2.03. The molecule has 77 valence electrons. The second-order valence-electron chi connectivity index (χ2n) is 5.53. The van der Waals surface area contributed by atoms with Crippen molar-refractivity contribution in [3.8, 4) is 0 Å². The van der Waals surface area contributed by atoms with Crippen LogP contribution >= 0.6 is 0 Å². The summed E-state index contributed by atoms with van der Waals surface area (Å²) in [4.78, 5) is 0. The molecule has 0 nitrogen and oxygen atoms in total. The molecule has 0 aliphatic rings. The fourth-order valence-electron chi connectivity index (χ4n) is 1.18. The van der Waals surface area contributed by atoms with Crippen LogP contribution in [0.15, 0.2) is 30.3 Å². The molecule has 0 amide bonds. The minimum atomic E-state index is -1.06. The summed E-state index contributed by atoms with van der Waals surface area (Å²) >= 11 is 0. The van der Waals surface area contributed by atoms with Crippen LogP contribution in [-0.2, 0) is 0 Å².